The van der Waals surface area contributed by atoms with E-state index in [0.29, 0.717) is 0 Å². The number of carbonyl (C=O) groups is 1. The number of carbonyl (C=O) groups excluding carboxylic acids is 1. The van der Waals surface area contributed by atoms with Gasteiger partial charge in [-0.1, -0.05) is 6.07 Å². The molecule has 2 N–H and O–H groups in total. The number of rotatable bonds is 2. The average Bonchev–Trinajstić information content (AvgIpc) is 2.52. The Morgan fingerprint density at radius 1 is 1.04 bits per heavy atom. The molecule has 0 saturated heterocycles. The zero-order valence-corrected chi connectivity index (χ0v) is 13.7. The molecule has 4 fully saturated rings. The largest absolute Gasteiger partial charge is 0.347 e. The van der Waals surface area contributed by atoms with Gasteiger partial charge in [0.1, 0.15) is 0 Å². The van der Waals surface area contributed by atoms with Crippen LogP contribution in [-0.2, 0) is 13.0 Å². The molecule has 122 valence electrons. The number of fused-ring (bicyclic) bond motifs is 1. The van der Waals surface area contributed by atoms with Crippen molar-refractivity contribution in [2.75, 3.05) is 6.54 Å². The summed E-state index contributed by atoms with van der Waals surface area (Å²) in [6, 6.07) is 6.29. The molecule has 0 spiro atoms. The van der Waals surface area contributed by atoms with Crippen molar-refractivity contribution >= 4 is 5.91 Å². The molecule has 3 nitrogen and oxygen atoms in total. The van der Waals surface area contributed by atoms with Gasteiger partial charge in [-0.25, -0.2) is 0 Å². The summed E-state index contributed by atoms with van der Waals surface area (Å²) in [5.41, 5.74) is 3.66. The van der Waals surface area contributed by atoms with Gasteiger partial charge in [-0.3, -0.25) is 4.79 Å². The lowest BCUT2D eigenvalue weighted by Gasteiger charge is -2.56. The van der Waals surface area contributed by atoms with E-state index in [-0.39, 0.29) is 11.4 Å². The Morgan fingerprint density at radius 3 is 2.43 bits per heavy atom. The van der Waals surface area contributed by atoms with Crippen LogP contribution in [0.25, 0.3) is 0 Å². The first-order valence-corrected chi connectivity index (χ1v) is 9.34. The van der Waals surface area contributed by atoms with Gasteiger partial charge in [0.2, 0.25) is 0 Å². The normalized spacial score (nSPS) is 37.5. The molecular formula is C20H26N2O. The summed E-state index contributed by atoms with van der Waals surface area (Å²) in [5.74, 6) is 2.76. The highest BCUT2D eigenvalue weighted by atomic mass is 16.1. The van der Waals surface area contributed by atoms with E-state index in [0.717, 1.165) is 42.8 Å². The summed E-state index contributed by atoms with van der Waals surface area (Å²) in [6.07, 6.45) is 8.98. The molecule has 0 atom stereocenters. The Kier molecular flexibility index (Phi) is 3.09. The summed E-state index contributed by atoms with van der Waals surface area (Å²) >= 11 is 0. The van der Waals surface area contributed by atoms with Crippen LogP contribution in [0, 0.1) is 17.8 Å². The highest BCUT2D eigenvalue weighted by Crippen LogP contribution is 2.55. The third-order valence-electron chi connectivity index (χ3n) is 6.77. The predicted molar refractivity (Wildman–Crippen MR) is 90.2 cm³/mol. The average molecular weight is 310 g/mol. The van der Waals surface area contributed by atoms with Crippen molar-refractivity contribution in [3.8, 4) is 0 Å². The predicted octanol–water partition coefficient (Wildman–Crippen LogP) is 3.03. The van der Waals surface area contributed by atoms with E-state index in [2.05, 4.69) is 22.8 Å². The van der Waals surface area contributed by atoms with Gasteiger partial charge in [-0.15, -0.1) is 0 Å². The summed E-state index contributed by atoms with van der Waals surface area (Å²) in [4.78, 5) is 12.9. The second-order valence-corrected chi connectivity index (χ2v) is 8.56. The number of amides is 1. The van der Waals surface area contributed by atoms with Crippen molar-refractivity contribution in [1.29, 1.82) is 0 Å². The van der Waals surface area contributed by atoms with E-state index < -0.39 is 0 Å². The topological polar surface area (TPSA) is 41.1 Å². The van der Waals surface area contributed by atoms with Crippen LogP contribution >= 0.6 is 0 Å². The number of benzene rings is 1. The molecule has 4 saturated carbocycles. The summed E-state index contributed by atoms with van der Waals surface area (Å²) in [5, 5.41) is 6.89. The first-order chi connectivity index (χ1) is 11.2. The highest BCUT2D eigenvalue weighted by Gasteiger charge is 2.51. The minimum Gasteiger partial charge on any atom is -0.347 e. The molecule has 1 heterocycles. The molecule has 4 bridgehead atoms. The third-order valence-corrected chi connectivity index (χ3v) is 6.77. The van der Waals surface area contributed by atoms with E-state index in [1.807, 2.05) is 6.07 Å². The van der Waals surface area contributed by atoms with Crippen molar-refractivity contribution in [3.63, 3.8) is 0 Å². The maximum absolute atomic E-state index is 12.9. The third kappa shape index (κ3) is 2.40. The van der Waals surface area contributed by atoms with Crippen LogP contribution in [0.15, 0.2) is 18.2 Å². The molecule has 1 aromatic carbocycles. The molecule has 0 unspecified atom stereocenters. The van der Waals surface area contributed by atoms with E-state index >= 15 is 0 Å². The van der Waals surface area contributed by atoms with Gasteiger partial charge in [-0.05, 0) is 92.5 Å². The zero-order chi connectivity index (χ0) is 15.4. The zero-order valence-electron chi connectivity index (χ0n) is 13.7. The van der Waals surface area contributed by atoms with Crippen LogP contribution in [0.2, 0.25) is 0 Å². The van der Waals surface area contributed by atoms with Gasteiger partial charge in [0.15, 0.2) is 0 Å². The quantitative estimate of drug-likeness (QED) is 0.881. The molecule has 1 aromatic rings. The fraction of sp³-hybridized carbons (Fsp3) is 0.650. The Bertz CT molecular complexity index is 616. The Hall–Kier alpha value is -1.35. The van der Waals surface area contributed by atoms with E-state index in [1.54, 1.807) is 0 Å². The van der Waals surface area contributed by atoms with Gasteiger partial charge in [-0.2, -0.15) is 0 Å². The minimum atomic E-state index is 0.111. The fourth-order valence-electron chi connectivity index (χ4n) is 6.20. The maximum Gasteiger partial charge on any atom is 0.251 e. The van der Waals surface area contributed by atoms with Gasteiger partial charge in [0.05, 0.1) is 0 Å². The van der Waals surface area contributed by atoms with Gasteiger partial charge < -0.3 is 10.6 Å². The summed E-state index contributed by atoms with van der Waals surface area (Å²) in [7, 11) is 0. The lowest BCUT2D eigenvalue weighted by atomic mass is 9.53. The summed E-state index contributed by atoms with van der Waals surface area (Å²) < 4.78 is 0. The molecule has 0 radical (unpaired) electrons. The van der Waals surface area contributed by atoms with Crippen LogP contribution in [0.3, 0.4) is 0 Å². The van der Waals surface area contributed by atoms with Crippen molar-refractivity contribution in [3.05, 3.63) is 34.9 Å². The Labute approximate surface area is 138 Å². The molecule has 23 heavy (non-hydrogen) atoms. The number of hydrogen-bond donors (Lipinski definition) is 2. The van der Waals surface area contributed by atoms with E-state index in [4.69, 9.17) is 0 Å². The van der Waals surface area contributed by atoms with Crippen molar-refractivity contribution in [2.24, 2.45) is 17.8 Å². The fourth-order valence-corrected chi connectivity index (χ4v) is 6.20. The van der Waals surface area contributed by atoms with Crippen LogP contribution in [-0.4, -0.2) is 18.0 Å². The molecule has 1 aliphatic heterocycles. The highest BCUT2D eigenvalue weighted by molar-refractivity contribution is 5.95. The molecule has 3 heteroatoms. The van der Waals surface area contributed by atoms with E-state index in [1.165, 1.54) is 49.7 Å². The lowest BCUT2D eigenvalue weighted by molar-refractivity contribution is -0.0167. The van der Waals surface area contributed by atoms with Gasteiger partial charge >= 0.3 is 0 Å². The van der Waals surface area contributed by atoms with Gasteiger partial charge in [0.25, 0.3) is 5.91 Å². The molecule has 1 amide bonds. The van der Waals surface area contributed by atoms with Crippen molar-refractivity contribution in [2.45, 2.75) is 57.0 Å². The first-order valence-electron chi connectivity index (χ1n) is 9.34. The molecule has 5 aliphatic rings. The minimum absolute atomic E-state index is 0.111. The van der Waals surface area contributed by atoms with Gasteiger partial charge in [0, 0.05) is 17.6 Å². The maximum atomic E-state index is 12.9. The van der Waals surface area contributed by atoms with Crippen LogP contribution in [0.1, 0.15) is 60.0 Å². The molecule has 0 aromatic heterocycles. The SMILES string of the molecule is O=C(NC12CC3CC(CC(C3)C1)C2)c1ccc2c(c1)CNCC2. The monoisotopic (exact) mass is 310 g/mol. The van der Waals surface area contributed by atoms with Crippen LogP contribution in [0.5, 0.6) is 0 Å². The smallest absolute Gasteiger partial charge is 0.251 e. The Balaban J connectivity index is 1.37. The second-order valence-electron chi connectivity index (χ2n) is 8.56. The molecule has 4 aliphatic carbocycles. The van der Waals surface area contributed by atoms with E-state index in [9.17, 15) is 4.79 Å². The first kappa shape index (κ1) is 14.0. The second kappa shape index (κ2) is 5.07. The standard InChI is InChI=1S/C20H26N2O/c23-19(17-2-1-16-3-4-21-12-18(16)8-17)22-20-9-13-5-14(10-20)7-15(6-13)11-20/h1-2,8,13-15,21H,3-7,9-12H2,(H,22,23). The van der Waals surface area contributed by atoms with Crippen LogP contribution < -0.4 is 10.6 Å². The summed E-state index contributed by atoms with van der Waals surface area (Å²) in [6.45, 7) is 1.94. The number of hydrogen-bond acceptors (Lipinski definition) is 2. The molecular weight excluding hydrogens is 284 g/mol. The molecule has 6 rings (SSSR count). The lowest BCUT2D eigenvalue weighted by Crippen LogP contribution is -2.59. The Morgan fingerprint density at radius 2 is 1.74 bits per heavy atom. The number of nitrogens with one attached hydrogen (secondary N) is 2. The van der Waals surface area contributed by atoms with Crippen LogP contribution in [0.4, 0.5) is 0 Å². The van der Waals surface area contributed by atoms with Crippen molar-refractivity contribution < 1.29 is 4.79 Å². The van der Waals surface area contributed by atoms with Crippen molar-refractivity contribution in [1.82, 2.24) is 10.6 Å².